The molecule has 0 atom stereocenters. The van der Waals surface area contributed by atoms with Crippen LogP contribution in [0.25, 0.3) is 22.1 Å². The number of anilines is 1. The third-order valence-corrected chi connectivity index (χ3v) is 5.30. The highest BCUT2D eigenvalue weighted by molar-refractivity contribution is 9.10. The normalized spacial score (nSPS) is 10.8. The highest BCUT2D eigenvalue weighted by Crippen LogP contribution is 2.30. The van der Waals surface area contributed by atoms with E-state index in [4.69, 9.17) is 4.42 Å². The first-order valence-corrected chi connectivity index (χ1v) is 9.47. The lowest BCUT2D eigenvalue weighted by atomic mass is 10.0. The number of benzene rings is 2. The molecule has 4 nitrogen and oxygen atoms in total. The first-order valence-electron chi connectivity index (χ1n) is 7.80. The Bertz CT molecular complexity index is 1150. The second-order valence-corrected chi connectivity index (χ2v) is 7.43. The minimum atomic E-state index is -0.309. The van der Waals surface area contributed by atoms with Crippen LogP contribution >= 0.6 is 27.3 Å². The number of hydrogen-bond acceptors (Lipinski definition) is 4. The molecular weight excluding hydrogens is 414 g/mol. The van der Waals surface area contributed by atoms with Gasteiger partial charge >= 0.3 is 0 Å². The maximum absolute atomic E-state index is 13.1. The summed E-state index contributed by atoms with van der Waals surface area (Å²) in [6.45, 7) is 0. The van der Waals surface area contributed by atoms with E-state index in [1.54, 1.807) is 36.4 Å². The minimum Gasteiger partial charge on any atom is -0.439 e. The van der Waals surface area contributed by atoms with Crippen molar-refractivity contribution < 1.29 is 9.21 Å². The van der Waals surface area contributed by atoms with Crippen molar-refractivity contribution in [2.75, 3.05) is 5.32 Å². The quantitative estimate of drug-likeness (QED) is 0.468. The summed E-state index contributed by atoms with van der Waals surface area (Å²) in [5.74, 6) is -0.161. The minimum absolute atomic E-state index is 0.148. The monoisotopic (exact) mass is 425 g/mol. The zero-order chi connectivity index (χ0) is 18.1. The van der Waals surface area contributed by atoms with Crippen molar-refractivity contribution in [3.63, 3.8) is 0 Å². The van der Waals surface area contributed by atoms with Gasteiger partial charge in [-0.25, -0.2) is 0 Å². The lowest BCUT2D eigenvalue weighted by Gasteiger charge is -2.11. The number of thiophene rings is 1. The largest absolute Gasteiger partial charge is 0.439 e. The van der Waals surface area contributed by atoms with Crippen molar-refractivity contribution in [2.24, 2.45) is 0 Å². The standard InChI is InChI=1S/C20H12BrNO3S/c21-13-9-7-12(8-10-13)17-18(23)14-4-1-2-5-15(14)25-20(17)22-19(24)16-6-3-11-26-16/h1-11H,(H,22,24). The average Bonchev–Trinajstić information content (AvgIpc) is 3.18. The lowest BCUT2D eigenvalue weighted by Crippen LogP contribution is -2.15. The Morgan fingerprint density at radius 3 is 2.50 bits per heavy atom. The third-order valence-electron chi connectivity index (χ3n) is 3.90. The molecule has 0 saturated carbocycles. The fraction of sp³-hybridized carbons (Fsp3) is 0. The molecule has 0 unspecified atom stereocenters. The molecule has 2 aromatic carbocycles. The molecule has 0 aliphatic heterocycles. The van der Waals surface area contributed by atoms with Gasteiger partial charge in [-0.15, -0.1) is 11.3 Å². The van der Waals surface area contributed by atoms with Gasteiger partial charge in [-0.3, -0.25) is 14.9 Å². The highest BCUT2D eigenvalue weighted by Gasteiger charge is 2.19. The molecule has 0 fully saturated rings. The predicted octanol–water partition coefficient (Wildman–Crippen LogP) is 5.54. The van der Waals surface area contributed by atoms with E-state index < -0.39 is 0 Å². The van der Waals surface area contributed by atoms with Gasteiger partial charge in [0, 0.05) is 4.47 Å². The van der Waals surface area contributed by atoms with Crippen LogP contribution < -0.4 is 10.7 Å². The lowest BCUT2D eigenvalue weighted by molar-refractivity contribution is 0.102. The van der Waals surface area contributed by atoms with Gasteiger partial charge < -0.3 is 4.42 Å². The summed E-state index contributed by atoms with van der Waals surface area (Å²) in [7, 11) is 0. The van der Waals surface area contributed by atoms with Gasteiger partial charge in [0.1, 0.15) is 5.58 Å². The summed E-state index contributed by atoms with van der Waals surface area (Å²) in [4.78, 5) is 26.1. The van der Waals surface area contributed by atoms with Crippen LogP contribution in [0, 0.1) is 0 Å². The Balaban J connectivity index is 1.92. The van der Waals surface area contributed by atoms with E-state index in [-0.39, 0.29) is 17.2 Å². The van der Waals surface area contributed by atoms with Crippen molar-refractivity contribution in [1.29, 1.82) is 0 Å². The molecule has 6 heteroatoms. The van der Waals surface area contributed by atoms with Gasteiger partial charge in [-0.05, 0) is 41.3 Å². The molecule has 4 rings (SSSR count). The topological polar surface area (TPSA) is 59.3 Å². The number of carbonyl (C=O) groups excluding carboxylic acids is 1. The molecule has 1 amide bonds. The van der Waals surface area contributed by atoms with Crippen molar-refractivity contribution in [2.45, 2.75) is 0 Å². The zero-order valence-corrected chi connectivity index (χ0v) is 15.8. The van der Waals surface area contributed by atoms with Gasteiger partial charge in [-0.1, -0.05) is 46.3 Å². The number of para-hydroxylation sites is 1. The Morgan fingerprint density at radius 2 is 1.77 bits per heavy atom. The van der Waals surface area contributed by atoms with E-state index in [0.29, 0.717) is 27.0 Å². The Kier molecular flexibility index (Phi) is 4.44. The molecule has 0 saturated heterocycles. The molecule has 0 radical (unpaired) electrons. The fourth-order valence-corrected chi connectivity index (χ4v) is 3.56. The van der Waals surface area contributed by atoms with Crippen LogP contribution in [0.15, 0.2) is 79.7 Å². The molecule has 2 heterocycles. The van der Waals surface area contributed by atoms with Crippen LogP contribution in [0.3, 0.4) is 0 Å². The Hall–Kier alpha value is -2.70. The molecule has 128 valence electrons. The van der Waals surface area contributed by atoms with Gasteiger partial charge in [0.25, 0.3) is 5.91 Å². The van der Waals surface area contributed by atoms with Crippen molar-refractivity contribution in [3.8, 4) is 11.1 Å². The van der Waals surface area contributed by atoms with Crippen LogP contribution in [0.2, 0.25) is 0 Å². The maximum atomic E-state index is 13.1. The molecular formula is C20H12BrNO3S. The van der Waals surface area contributed by atoms with Gasteiger partial charge in [-0.2, -0.15) is 0 Å². The molecule has 1 N–H and O–H groups in total. The molecule has 0 aliphatic rings. The van der Waals surface area contributed by atoms with Crippen LogP contribution in [0.1, 0.15) is 9.67 Å². The van der Waals surface area contributed by atoms with Crippen molar-refractivity contribution in [1.82, 2.24) is 0 Å². The predicted molar refractivity (Wildman–Crippen MR) is 108 cm³/mol. The van der Waals surface area contributed by atoms with Gasteiger partial charge in [0.15, 0.2) is 0 Å². The van der Waals surface area contributed by atoms with E-state index in [1.165, 1.54) is 11.3 Å². The highest BCUT2D eigenvalue weighted by atomic mass is 79.9. The Morgan fingerprint density at radius 1 is 1.00 bits per heavy atom. The summed E-state index contributed by atoms with van der Waals surface area (Å²) in [5.41, 5.74) is 1.26. The van der Waals surface area contributed by atoms with Crippen LogP contribution in [-0.2, 0) is 0 Å². The molecule has 0 bridgehead atoms. The van der Waals surface area contributed by atoms with E-state index >= 15 is 0 Å². The van der Waals surface area contributed by atoms with Gasteiger partial charge in [0.2, 0.25) is 11.3 Å². The second kappa shape index (κ2) is 6.90. The molecule has 4 aromatic rings. The van der Waals surface area contributed by atoms with Crippen LogP contribution in [-0.4, -0.2) is 5.91 Å². The van der Waals surface area contributed by atoms with E-state index in [0.717, 1.165) is 4.47 Å². The molecule has 0 spiro atoms. The van der Waals surface area contributed by atoms with Crippen LogP contribution in [0.4, 0.5) is 5.88 Å². The number of fused-ring (bicyclic) bond motifs is 1. The van der Waals surface area contributed by atoms with Gasteiger partial charge in [0.05, 0.1) is 15.8 Å². The van der Waals surface area contributed by atoms with E-state index in [1.807, 2.05) is 29.6 Å². The fourth-order valence-electron chi connectivity index (χ4n) is 2.68. The number of halogens is 1. The number of nitrogens with one attached hydrogen (secondary N) is 1. The smallest absolute Gasteiger partial charge is 0.268 e. The second-order valence-electron chi connectivity index (χ2n) is 5.57. The molecule has 26 heavy (non-hydrogen) atoms. The first kappa shape index (κ1) is 16.8. The van der Waals surface area contributed by atoms with Crippen molar-refractivity contribution in [3.05, 3.63) is 85.6 Å². The molecule has 0 aliphatic carbocycles. The van der Waals surface area contributed by atoms with E-state index in [9.17, 15) is 9.59 Å². The third kappa shape index (κ3) is 3.09. The molecule has 2 aromatic heterocycles. The summed E-state index contributed by atoms with van der Waals surface area (Å²) in [6, 6.07) is 17.8. The van der Waals surface area contributed by atoms with E-state index in [2.05, 4.69) is 21.2 Å². The first-order chi connectivity index (χ1) is 12.6. The number of rotatable bonds is 3. The SMILES string of the molecule is O=C(Nc1oc2ccccc2c(=O)c1-c1ccc(Br)cc1)c1cccs1. The number of hydrogen-bond donors (Lipinski definition) is 1. The number of carbonyl (C=O) groups is 1. The van der Waals surface area contributed by atoms with Crippen molar-refractivity contribution >= 4 is 50.0 Å². The summed E-state index contributed by atoms with van der Waals surface area (Å²) >= 11 is 4.72. The number of amides is 1. The maximum Gasteiger partial charge on any atom is 0.268 e. The summed E-state index contributed by atoms with van der Waals surface area (Å²) < 4.78 is 6.79. The summed E-state index contributed by atoms with van der Waals surface area (Å²) in [5, 5.41) is 5.04. The Labute approximate surface area is 161 Å². The van der Waals surface area contributed by atoms with Crippen LogP contribution in [0.5, 0.6) is 0 Å². The summed E-state index contributed by atoms with van der Waals surface area (Å²) in [6.07, 6.45) is 0. The zero-order valence-electron chi connectivity index (χ0n) is 13.4. The average molecular weight is 426 g/mol.